The molecule has 2 N–H and O–H groups in total. The maximum atomic E-state index is 12.6. The quantitative estimate of drug-likeness (QED) is 0.827. The second kappa shape index (κ2) is 4.90. The first-order chi connectivity index (χ1) is 7.74. The smallest absolute Gasteiger partial charge is 0.123 e. The third-order valence-electron chi connectivity index (χ3n) is 2.31. The number of nitrogens with one attached hydrogen (secondary N) is 2. The summed E-state index contributed by atoms with van der Waals surface area (Å²) < 4.78 is 12.6. The molecular formula is C12H14FN3. The van der Waals surface area contributed by atoms with Crippen molar-refractivity contribution < 1.29 is 4.39 Å². The summed E-state index contributed by atoms with van der Waals surface area (Å²) in [6.45, 7) is 3.38. The second-order valence-corrected chi connectivity index (χ2v) is 3.72. The highest BCUT2D eigenvalue weighted by atomic mass is 19.1. The van der Waals surface area contributed by atoms with Gasteiger partial charge in [-0.25, -0.2) is 9.37 Å². The molecule has 0 saturated heterocycles. The van der Waals surface area contributed by atoms with Crippen LogP contribution in [-0.4, -0.2) is 9.97 Å². The highest BCUT2D eigenvalue weighted by molar-refractivity contribution is 5.15. The summed E-state index contributed by atoms with van der Waals surface area (Å²) in [4.78, 5) is 7.25. The summed E-state index contributed by atoms with van der Waals surface area (Å²) in [6, 6.07) is 6.50. The van der Waals surface area contributed by atoms with Crippen molar-refractivity contribution in [2.24, 2.45) is 0 Å². The predicted octanol–water partition coefficient (Wildman–Crippen LogP) is 2.15. The van der Waals surface area contributed by atoms with E-state index >= 15 is 0 Å². The van der Waals surface area contributed by atoms with Gasteiger partial charge in [-0.3, -0.25) is 0 Å². The summed E-state index contributed by atoms with van der Waals surface area (Å²) >= 11 is 0. The van der Waals surface area contributed by atoms with Crippen molar-refractivity contribution in [2.75, 3.05) is 0 Å². The van der Waals surface area contributed by atoms with Gasteiger partial charge < -0.3 is 10.3 Å². The van der Waals surface area contributed by atoms with E-state index < -0.39 is 0 Å². The Morgan fingerprint density at radius 3 is 2.62 bits per heavy atom. The van der Waals surface area contributed by atoms with Crippen molar-refractivity contribution in [3.63, 3.8) is 0 Å². The van der Waals surface area contributed by atoms with Crippen LogP contribution < -0.4 is 5.32 Å². The van der Waals surface area contributed by atoms with E-state index in [1.165, 1.54) is 12.1 Å². The first kappa shape index (κ1) is 10.8. The first-order valence-electron chi connectivity index (χ1n) is 5.20. The molecule has 1 heterocycles. The monoisotopic (exact) mass is 219 g/mol. The minimum Gasteiger partial charge on any atom is -0.345 e. The number of rotatable bonds is 4. The molecule has 0 radical (unpaired) electrons. The van der Waals surface area contributed by atoms with Gasteiger partial charge in [0.1, 0.15) is 11.6 Å². The molecule has 84 valence electrons. The molecule has 1 aromatic heterocycles. The Morgan fingerprint density at radius 2 is 2.00 bits per heavy atom. The van der Waals surface area contributed by atoms with E-state index in [-0.39, 0.29) is 5.82 Å². The van der Waals surface area contributed by atoms with Crippen LogP contribution in [0.5, 0.6) is 0 Å². The Hall–Kier alpha value is -1.68. The number of aryl methyl sites for hydroxylation is 1. The molecule has 0 fully saturated rings. The maximum Gasteiger partial charge on any atom is 0.123 e. The number of aromatic nitrogens is 2. The van der Waals surface area contributed by atoms with Crippen LogP contribution >= 0.6 is 0 Å². The molecule has 0 amide bonds. The fraction of sp³-hybridized carbons (Fsp3) is 0.250. The van der Waals surface area contributed by atoms with Crippen molar-refractivity contribution in [3.8, 4) is 0 Å². The molecule has 0 saturated carbocycles. The minimum atomic E-state index is -0.201. The van der Waals surface area contributed by atoms with E-state index in [0.29, 0.717) is 0 Å². The Bertz CT molecular complexity index is 448. The maximum absolute atomic E-state index is 12.6. The molecule has 2 aromatic rings. The van der Waals surface area contributed by atoms with E-state index in [1.807, 2.05) is 13.1 Å². The molecule has 0 unspecified atom stereocenters. The largest absolute Gasteiger partial charge is 0.345 e. The van der Waals surface area contributed by atoms with E-state index in [4.69, 9.17) is 0 Å². The summed E-state index contributed by atoms with van der Waals surface area (Å²) in [5.41, 5.74) is 2.12. The van der Waals surface area contributed by atoms with Crippen LogP contribution in [0.15, 0.2) is 30.5 Å². The lowest BCUT2D eigenvalue weighted by Gasteiger charge is -2.03. The molecule has 0 spiro atoms. The van der Waals surface area contributed by atoms with Crippen molar-refractivity contribution in [1.29, 1.82) is 0 Å². The van der Waals surface area contributed by atoms with Gasteiger partial charge in [-0.2, -0.15) is 0 Å². The molecule has 0 aliphatic carbocycles. The molecule has 3 nitrogen and oxygen atoms in total. The molecule has 2 rings (SSSR count). The van der Waals surface area contributed by atoms with Crippen LogP contribution in [0.2, 0.25) is 0 Å². The molecular weight excluding hydrogens is 205 g/mol. The highest BCUT2D eigenvalue weighted by Gasteiger charge is 1.97. The van der Waals surface area contributed by atoms with Crippen molar-refractivity contribution in [1.82, 2.24) is 15.3 Å². The normalized spacial score (nSPS) is 10.6. The van der Waals surface area contributed by atoms with Gasteiger partial charge in [0.25, 0.3) is 0 Å². The zero-order valence-electron chi connectivity index (χ0n) is 9.13. The van der Waals surface area contributed by atoms with Crippen molar-refractivity contribution in [3.05, 3.63) is 53.4 Å². The van der Waals surface area contributed by atoms with Gasteiger partial charge in [0.15, 0.2) is 0 Å². The van der Waals surface area contributed by atoms with Gasteiger partial charge in [-0.15, -0.1) is 0 Å². The van der Waals surface area contributed by atoms with Crippen LogP contribution in [0.4, 0.5) is 4.39 Å². The fourth-order valence-corrected chi connectivity index (χ4v) is 1.51. The predicted molar refractivity (Wildman–Crippen MR) is 60.3 cm³/mol. The van der Waals surface area contributed by atoms with E-state index in [9.17, 15) is 4.39 Å². The lowest BCUT2D eigenvalue weighted by atomic mass is 10.2. The zero-order valence-corrected chi connectivity index (χ0v) is 9.13. The number of aromatic amines is 1. The number of H-pyrrole nitrogens is 1. The third-order valence-corrected chi connectivity index (χ3v) is 2.31. The number of nitrogens with zero attached hydrogens (tertiary/aromatic N) is 1. The van der Waals surface area contributed by atoms with Crippen LogP contribution in [0, 0.1) is 12.7 Å². The number of benzene rings is 1. The molecule has 0 bridgehead atoms. The van der Waals surface area contributed by atoms with Crippen LogP contribution in [0.3, 0.4) is 0 Å². The number of imidazole rings is 1. The van der Waals surface area contributed by atoms with Crippen LogP contribution in [0.1, 0.15) is 17.1 Å². The molecule has 1 aromatic carbocycles. The molecule has 0 aliphatic rings. The second-order valence-electron chi connectivity index (χ2n) is 3.72. The van der Waals surface area contributed by atoms with Gasteiger partial charge >= 0.3 is 0 Å². The molecule has 0 aliphatic heterocycles. The number of halogens is 1. The Morgan fingerprint density at radius 1 is 1.25 bits per heavy atom. The lowest BCUT2D eigenvalue weighted by molar-refractivity contribution is 0.624. The summed E-state index contributed by atoms with van der Waals surface area (Å²) in [7, 11) is 0. The molecule has 0 atom stereocenters. The van der Waals surface area contributed by atoms with Gasteiger partial charge in [0, 0.05) is 25.0 Å². The molecule has 16 heavy (non-hydrogen) atoms. The summed E-state index contributed by atoms with van der Waals surface area (Å²) in [5.74, 6) is 0.714. The lowest BCUT2D eigenvalue weighted by Crippen LogP contribution is -2.12. The van der Waals surface area contributed by atoms with Crippen LogP contribution in [-0.2, 0) is 13.1 Å². The van der Waals surface area contributed by atoms with Crippen molar-refractivity contribution in [2.45, 2.75) is 20.0 Å². The number of hydrogen-bond acceptors (Lipinski definition) is 2. The average molecular weight is 219 g/mol. The van der Waals surface area contributed by atoms with Gasteiger partial charge in [-0.1, -0.05) is 12.1 Å². The molecule has 4 heteroatoms. The topological polar surface area (TPSA) is 40.7 Å². The Balaban J connectivity index is 1.82. The van der Waals surface area contributed by atoms with Gasteiger partial charge in [0.2, 0.25) is 0 Å². The van der Waals surface area contributed by atoms with E-state index in [0.717, 1.165) is 30.2 Å². The van der Waals surface area contributed by atoms with E-state index in [2.05, 4.69) is 15.3 Å². The average Bonchev–Trinajstić information content (AvgIpc) is 2.67. The third kappa shape index (κ3) is 2.90. The summed E-state index contributed by atoms with van der Waals surface area (Å²) in [6.07, 6.45) is 1.81. The van der Waals surface area contributed by atoms with Gasteiger partial charge in [0.05, 0.1) is 0 Å². The number of hydrogen-bond donors (Lipinski definition) is 2. The minimum absolute atomic E-state index is 0.201. The standard InChI is InChI=1S/C12H14FN3/c1-9-15-8-12(16-9)7-14-6-10-2-4-11(13)5-3-10/h2-5,8,14H,6-7H2,1H3,(H,15,16). The Kier molecular flexibility index (Phi) is 3.31. The SMILES string of the molecule is Cc1ncc(CNCc2ccc(F)cc2)[nH]1. The fourth-order valence-electron chi connectivity index (χ4n) is 1.51. The van der Waals surface area contributed by atoms with Gasteiger partial charge in [-0.05, 0) is 24.6 Å². The highest BCUT2D eigenvalue weighted by Crippen LogP contribution is 2.02. The van der Waals surface area contributed by atoms with E-state index in [1.54, 1.807) is 12.1 Å². The Labute approximate surface area is 93.7 Å². The first-order valence-corrected chi connectivity index (χ1v) is 5.20. The van der Waals surface area contributed by atoms with Crippen LogP contribution in [0.25, 0.3) is 0 Å². The summed E-state index contributed by atoms with van der Waals surface area (Å²) in [5, 5.41) is 3.26. The zero-order chi connectivity index (χ0) is 11.4. The van der Waals surface area contributed by atoms with Crippen molar-refractivity contribution >= 4 is 0 Å².